The fourth-order valence-corrected chi connectivity index (χ4v) is 2.98. The zero-order chi connectivity index (χ0) is 15.4. The molecule has 3 rings (SSSR count). The van der Waals surface area contributed by atoms with Crippen molar-refractivity contribution in [1.29, 1.82) is 0 Å². The molecular formula is C16H14ClNO3S. The Labute approximate surface area is 137 Å². The first-order valence-electron chi connectivity index (χ1n) is 6.78. The van der Waals surface area contributed by atoms with Crippen LogP contribution in [-0.2, 0) is 4.74 Å². The standard InChI is InChI=1S/C16H14ClNO3S/c17-11-1-3-13(4-2-11)21-14-5-7-15(8-6-14)22-10-12-9-20-16(19)18-12/h1-8,12H,9-10H2,(H,18,19)/t12-/m0/s1. The maximum absolute atomic E-state index is 10.9. The van der Waals surface area contributed by atoms with Crippen molar-refractivity contribution in [3.05, 3.63) is 53.6 Å². The molecule has 0 aliphatic carbocycles. The van der Waals surface area contributed by atoms with E-state index in [4.69, 9.17) is 21.1 Å². The van der Waals surface area contributed by atoms with Gasteiger partial charge in [-0.2, -0.15) is 0 Å². The molecule has 1 heterocycles. The van der Waals surface area contributed by atoms with Crippen LogP contribution in [-0.4, -0.2) is 24.5 Å². The predicted molar refractivity (Wildman–Crippen MR) is 87.0 cm³/mol. The highest BCUT2D eigenvalue weighted by Crippen LogP contribution is 2.26. The third-order valence-electron chi connectivity index (χ3n) is 3.06. The van der Waals surface area contributed by atoms with E-state index >= 15 is 0 Å². The van der Waals surface area contributed by atoms with Crippen LogP contribution in [0.1, 0.15) is 0 Å². The average Bonchev–Trinajstić information content (AvgIpc) is 2.94. The lowest BCUT2D eigenvalue weighted by molar-refractivity contribution is 0.177. The Morgan fingerprint density at radius 2 is 1.77 bits per heavy atom. The van der Waals surface area contributed by atoms with Gasteiger partial charge in [-0.3, -0.25) is 0 Å². The number of carbonyl (C=O) groups excluding carboxylic acids is 1. The number of nitrogens with one attached hydrogen (secondary N) is 1. The van der Waals surface area contributed by atoms with E-state index in [2.05, 4.69) is 5.32 Å². The van der Waals surface area contributed by atoms with Gasteiger partial charge in [0.25, 0.3) is 0 Å². The summed E-state index contributed by atoms with van der Waals surface area (Å²) in [6.45, 7) is 0.434. The van der Waals surface area contributed by atoms with E-state index in [1.54, 1.807) is 23.9 Å². The second kappa shape index (κ2) is 6.94. The van der Waals surface area contributed by atoms with Crippen LogP contribution in [0.5, 0.6) is 11.5 Å². The highest BCUT2D eigenvalue weighted by Gasteiger charge is 2.21. The number of ether oxygens (including phenoxy) is 2. The number of halogens is 1. The molecule has 0 bridgehead atoms. The van der Waals surface area contributed by atoms with E-state index in [0.29, 0.717) is 11.6 Å². The smallest absolute Gasteiger partial charge is 0.407 e. The molecular weight excluding hydrogens is 322 g/mol. The van der Waals surface area contributed by atoms with Gasteiger partial charge in [0.15, 0.2) is 0 Å². The molecule has 0 aromatic heterocycles. The van der Waals surface area contributed by atoms with Crippen LogP contribution in [0.3, 0.4) is 0 Å². The number of amides is 1. The second-order valence-electron chi connectivity index (χ2n) is 4.78. The van der Waals surface area contributed by atoms with Gasteiger partial charge >= 0.3 is 6.09 Å². The summed E-state index contributed by atoms with van der Waals surface area (Å²) >= 11 is 7.51. The molecule has 1 atom stereocenters. The van der Waals surface area contributed by atoms with Gasteiger partial charge in [0.1, 0.15) is 18.1 Å². The summed E-state index contributed by atoms with van der Waals surface area (Å²) in [5.74, 6) is 2.29. The van der Waals surface area contributed by atoms with Crippen molar-refractivity contribution in [3.63, 3.8) is 0 Å². The number of rotatable bonds is 5. The molecule has 1 N–H and O–H groups in total. The normalized spacial score (nSPS) is 17.0. The van der Waals surface area contributed by atoms with E-state index in [1.165, 1.54) is 0 Å². The maximum Gasteiger partial charge on any atom is 0.407 e. The van der Waals surface area contributed by atoms with Gasteiger partial charge < -0.3 is 14.8 Å². The molecule has 0 unspecified atom stereocenters. The Bertz CT molecular complexity index is 645. The molecule has 1 aliphatic rings. The van der Waals surface area contributed by atoms with Crippen molar-refractivity contribution in [2.45, 2.75) is 10.9 Å². The predicted octanol–water partition coefficient (Wildman–Crippen LogP) is 4.33. The monoisotopic (exact) mass is 335 g/mol. The Hall–Kier alpha value is -1.85. The minimum atomic E-state index is -0.336. The van der Waals surface area contributed by atoms with Crippen molar-refractivity contribution in [1.82, 2.24) is 5.32 Å². The first kappa shape index (κ1) is 15.1. The molecule has 1 aliphatic heterocycles. The Kier molecular flexibility index (Phi) is 4.75. The molecule has 0 spiro atoms. The lowest BCUT2D eigenvalue weighted by Gasteiger charge is -2.08. The molecule has 2 aromatic carbocycles. The van der Waals surface area contributed by atoms with Crippen LogP contribution in [0.15, 0.2) is 53.4 Å². The minimum Gasteiger partial charge on any atom is -0.457 e. The average molecular weight is 336 g/mol. The second-order valence-corrected chi connectivity index (χ2v) is 6.31. The fourth-order valence-electron chi connectivity index (χ4n) is 1.96. The summed E-state index contributed by atoms with van der Waals surface area (Å²) in [4.78, 5) is 12.1. The minimum absolute atomic E-state index is 0.0718. The van der Waals surface area contributed by atoms with Crippen LogP contribution in [0.25, 0.3) is 0 Å². The van der Waals surface area contributed by atoms with Crippen LogP contribution < -0.4 is 10.1 Å². The fraction of sp³-hybridized carbons (Fsp3) is 0.188. The first-order valence-corrected chi connectivity index (χ1v) is 8.15. The molecule has 1 saturated heterocycles. The lowest BCUT2D eigenvalue weighted by atomic mass is 10.3. The summed E-state index contributed by atoms with van der Waals surface area (Å²) in [6.07, 6.45) is -0.336. The SMILES string of the molecule is O=C1N[C@H](CSc2ccc(Oc3ccc(Cl)cc3)cc2)CO1. The number of alkyl carbamates (subject to hydrolysis) is 1. The van der Waals surface area contributed by atoms with Gasteiger partial charge in [-0.15, -0.1) is 11.8 Å². The zero-order valence-electron chi connectivity index (χ0n) is 11.6. The van der Waals surface area contributed by atoms with Gasteiger partial charge in [-0.05, 0) is 48.5 Å². The highest BCUT2D eigenvalue weighted by atomic mass is 35.5. The number of cyclic esters (lactones) is 1. The molecule has 6 heteroatoms. The number of thioether (sulfide) groups is 1. The first-order chi connectivity index (χ1) is 10.7. The summed E-state index contributed by atoms with van der Waals surface area (Å²) in [5.41, 5.74) is 0. The number of hydrogen-bond donors (Lipinski definition) is 1. The van der Waals surface area contributed by atoms with Crippen molar-refractivity contribution in [3.8, 4) is 11.5 Å². The van der Waals surface area contributed by atoms with Crippen molar-refractivity contribution in [2.75, 3.05) is 12.4 Å². The summed E-state index contributed by atoms with van der Waals surface area (Å²) < 4.78 is 10.6. The Morgan fingerprint density at radius 3 is 2.36 bits per heavy atom. The van der Waals surface area contributed by atoms with Crippen molar-refractivity contribution in [2.24, 2.45) is 0 Å². The summed E-state index contributed by atoms with van der Waals surface area (Å²) in [6, 6.07) is 15.1. The number of benzene rings is 2. The van der Waals surface area contributed by atoms with E-state index in [0.717, 1.165) is 22.1 Å². The zero-order valence-corrected chi connectivity index (χ0v) is 13.2. The van der Waals surface area contributed by atoms with Crippen LogP contribution in [0, 0.1) is 0 Å². The van der Waals surface area contributed by atoms with Crippen molar-refractivity contribution >= 4 is 29.5 Å². The van der Waals surface area contributed by atoms with Crippen LogP contribution in [0.2, 0.25) is 5.02 Å². The van der Waals surface area contributed by atoms with Gasteiger partial charge in [0.2, 0.25) is 0 Å². The lowest BCUT2D eigenvalue weighted by Crippen LogP contribution is -2.28. The van der Waals surface area contributed by atoms with Crippen molar-refractivity contribution < 1.29 is 14.3 Å². The number of hydrogen-bond acceptors (Lipinski definition) is 4. The van der Waals surface area contributed by atoms with Gasteiger partial charge in [0, 0.05) is 15.7 Å². The third kappa shape index (κ3) is 4.08. The maximum atomic E-state index is 10.9. The molecule has 2 aromatic rings. The molecule has 0 saturated carbocycles. The Morgan fingerprint density at radius 1 is 1.14 bits per heavy atom. The quantitative estimate of drug-likeness (QED) is 0.826. The summed E-state index contributed by atoms with van der Waals surface area (Å²) in [5, 5.41) is 3.44. The Balaban J connectivity index is 1.53. The molecule has 0 radical (unpaired) electrons. The van der Waals surface area contributed by atoms with E-state index in [1.807, 2.05) is 36.4 Å². The molecule has 4 nitrogen and oxygen atoms in total. The molecule has 114 valence electrons. The third-order valence-corrected chi connectivity index (χ3v) is 4.49. The molecule has 1 amide bonds. The van der Waals surface area contributed by atoms with E-state index in [-0.39, 0.29) is 12.1 Å². The molecule has 22 heavy (non-hydrogen) atoms. The highest BCUT2D eigenvalue weighted by molar-refractivity contribution is 7.99. The largest absolute Gasteiger partial charge is 0.457 e. The van der Waals surface area contributed by atoms with Gasteiger partial charge in [-0.1, -0.05) is 11.6 Å². The van der Waals surface area contributed by atoms with Gasteiger partial charge in [-0.25, -0.2) is 4.79 Å². The van der Waals surface area contributed by atoms with E-state index < -0.39 is 0 Å². The topological polar surface area (TPSA) is 47.6 Å². The van der Waals surface area contributed by atoms with Gasteiger partial charge in [0.05, 0.1) is 6.04 Å². The summed E-state index contributed by atoms with van der Waals surface area (Å²) in [7, 11) is 0. The van der Waals surface area contributed by atoms with E-state index in [9.17, 15) is 4.79 Å². The van der Waals surface area contributed by atoms with Crippen LogP contribution >= 0.6 is 23.4 Å². The molecule has 1 fully saturated rings. The van der Waals surface area contributed by atoms with Crippen LogP contribution in [0.4, 0.5) is 4.79 Å². The number of carbonyl (C=O) groups is 1.